The van der Waals surface area contributed by atoms with E-state index >= 15 is 0 Å². The first-order valence-corrected chi connectivity index (χ1v) is 8.48. The van der Waals surface area contributed by atoms with Crippen LogP contribution in [0, 0.1) is 0 Å². The van der Waals surface area contributed by atoms with Gasteiger partial charge in [-0.3, -0.25) is 19.2 Å². The van der Waals surface area contributed by atoms with Crippen LogP contribution in [0.25, 0.3) is 0 Å². The van der Waals surface area contributed by atoms with Crippen molar-refractivity contribution < 1.29 is 137 Å². The van der Waals surface area contributed by atoms with E-state index in [1.54, 1.807) is 0 Å². The monoisotopic (exact) mass is 471 g/mol. The number of carbonyl (C=O) groups excluding carboxylic acids is 2. The van der Waals surface area contributed by atoms with Gasteiger partial charge in [-0.15, -0.1) is 0 Å². The number of hydrogen-bond acceptors (Lipinski definition) is 10. The van der Waals surface area contributed by atoms with Crippen molar-refractivity contribution in [3.05, 3.63) is 0 Å². The van der Waals surface area contributed by atoms with Crippen LogP contribution in [-0.4, -0.2) is 58.3 Å². The Labute approximate surface area is 232 Å². The van der Waals surface area contributed by atoms with Crippen LogP contribution in [0.4, 0.5) is 0 Å². The van der Waals surface area contributed by atoms with Crippen molar-refractivity contribution in [1.29, 1.82) is 0 Å². The second-order valence-electron chi connectivity index (χ2n) is 4.34. The average Bonchev–Trinajstić information content (AvgIpc) is 2.45. The van der Waals surface area contributed by atoms with E-state index in [-0.39, 0.29) is 107 Å². The summed E-state index contributed by atoms with van der Waals surface area (Å²) in [6.07, 6.45) is -0.235. The Bertz CT molecular complexity index is 531. The topological polar surface area (TPSA) is 245 Å². The normalized spacial score (nSPS) is 11.5. The number of nitrogens with one attached hydrogen (secondary N) is 2. The van der Waals surface area contributed by atoms with Gasteiger partial charge >= 0.3 is 101 Å². The summed E-state index contributed by atoms with van der Waals surface area (Å²) < 4.78 is 8.55. The first kappa shape index (κ1) is 39.7. The number of nitrogens with two attached hydrogens (primary N) is 1. The molecule has 13 nitrogen and oxygen atoms in total. The van der Waals surface area contributed by atoms with Gasteiger partial charge in [0.2, 0.25) is 11.8 Å². The number of rotatable bonds is 9. The SMILES string of the molecule is N[C@@H](CCC(=O)N[C@@H](CS)C(=O)NCC(=O)O)C(=O)O.O=P([O-])([O-])[O-].[Na+].[Na+].[Na+]. The number of carboxylic acids is 2. The van der Waals surface area contributed by atoms with E-state index in [4.69, 9.17) is 35.2 Å². The average molecular weight is 471 g/mol. The summed E-state index contributed by atoms with van der Waals surface area (Å²) in [6, 6.07) is -2.15. The molecule has 0 saturated heterocycles. The second kappa shape index (κ2) is 21.5. The maximum atomic E-state index is 11.5. The molecule has 0 aliphatic heterocycles. The molecule has 0 saturated carbocycles. The predicted octanol–water partition coefficient (Wildman–Crippen LogP) is -14.0. The Morgan fingerprint density at radius 3 is 1.82 bits per heavy atom. The fourth-order valence-electron chi connectivity index (χ4n) is 1.16. The van der Waals surface area contributed by atoms with Crippen molar-refractivity contribution in [2.24, 2.45) is 5.73 Å². The zero-order valence-electron chi connectivity index (χ0n) is 15.6. The Morgan fingerprint density at radius 2 is 1.50 bits per heavy atom. The number of phosphoric acid groups is 1. The van der Waals surface area contributed by atoms with Gasteiger partial charge in [-0.25, -0.2) is 0 Å². The molecule has 0 fully saturated rings. The molecular formula is C10H17N3Na3O10PS. The van der Waals surface area contributed by atoms with Gasteiger partial charge in [0.1, 0.15) is 18.6 Å². The molecule has 18 heteroatoms. The molecule has 0 aromatic heterocycles. The summed E-state index contributed by atoms with van der Waals surface area (Å²) in [5.74, 6) is -3.70. The Kier molecular flexibility index (Phi) is 30.6. The molecule has 0 aliphatic rings. The molecule has 0 unspecified atom stereocenters. The predicted molar refractivity (Wildman–Crippen MR) is 78.9 cm³/mol. The zero-order chi connectivity index (χ0) is 20.2. The summed E-state index contributed by atoms with van der Waals surface area (Å²) in [7, 11) is -5.39. The Morgan fingerprint density at radius 1 is 1.07 bits per heavy atom. The minimum atomic E-state index is -5.39. The standard InChI is InChI=1S/C10H17N3O6S.3Na.H3O4P/c11-5(10(18)19)1-2-7(14)13-6(4-20)9(17)12-3-8(15)16;;;;1-5(2,3)4/h5-6,20H,1-4,11H2,(H,12,17)(H,13,14)(H,15,16)(H,18,19);;;;(H3,1,2,3,4)/q;3*+1;/p-3/t5-,6-;;;;/m0..../s1. The van der Waals surface area contributed by atoms with Crippen LogP contribution in [0.15, 0.2) is 0 Å². The molecule has 0 heterocycles. The summed E-state index contributed by atoms with van der Waals surface area (Å²) in [5, 5.41) is 21.4. The van der Waals surface area contributed by atoms with E-state index in [0.29, 0.717) is 0 Å². The molecule has 2 atom stereocenters. The largest absolute Gasteiger partial charge is 1.00 e. The third-order valence-corrected chi connectivity index (χ3v) is 2.61. The molecule has 28 heavy (non-hydrogen) atoms. The number of aliphatic carboxylic acids is 2. The molecule has 2 amide bonds. The van der Waals surface area contributed by atoms with Crippen molar-refractivity contribution >= 4 is 44.2 Å². The molecule has 0 radical (unpaired) electrons. The minimum absolute atomic E-state index is 0. The third-order valence-electron chi connectivity index (χ3n) is 2.25. The van der Waals surface area contributed by atoms with E-state index in [0.717, 1.165) is 0 Å². The van der Waals surface area contributed by atoms with Crippen molar-refractivity contribution in [1.82, 2.24) is 10.6 Å². The maximum Gasteiger partial charge on any atom is 1.00 e. The van der Waals surface area contributed by atoms with Gasteiger partial charge in [0.25, 0.3) is 0 Å². The van der Waals surface area contributed by atoms with Gasteiger partial charge in [0, 0.05) is 12.2 Å². The molecule has 0 bridgehead atoms. The van der Waals surface area contributed by atoms with E-state index in [1.165, 1.54) is 0 Å². The van der Waals surface area contributed by atoms with Gasteiger partial charge in [0.05, 0.1) is 0 Å². The van der Waals surface area contributed by atoms with Crippen molar-refractivity contribution in [2.75, 3.05) is 12.3 Å². The molecule has 6 N–H and O–H groups in total. The van der Waals surface area contributed by atoms with E-state index in [9.17, 15) is 19.2 Å². The van der Waals surface area contributed by atoms with Crippen LogP contribution in [0.5, 0.6) is 0 Å². The molecule has 0 aromatic carbocycles. The Hall–Kier alpha value is 1.30. The number of hydrogen-bond donors (Lipinski definition) is 6. The maximum absolute atomic E-state index is 11.5. The third kappa shape index (κ3) is 29.5. The summed E-state index contributed by atoms with van der Waals surface area (Å²) >= 11 is 3.87. The fourth-order valence-corrected chi connectivity index (χ4v) is 1.41. The fraction of sp³-hybridized carbons (Fsp3) is 0.600. The van der Waals surface area contributed by atoms with Gasteiger partial charge in [-0.1, -0.05) is 0 Å². The second-order valence-corrected chi connectivity index (χ2v) is 5.60. The van der Waals surface area contributed by atoms with Crippen LogP contribution in [0.1, 0.15) is 12.8 Å². The van der Waals surface area contributed by atoms with Crippen LogP contribution >= 0.6 is 20.5 Å². The van der Waals surface area contributed by atoms with Crippen LogP contribution in [0.3, 0.4) is 0 Å². The van der Waals surface area contributed by atoms with E-state index < -0.39 is 50.2 Å². The number of amides is 2. The molecule has 0 rings (SSSR count). The van der Waals surface area contributed by atoms with Crippen molar-refractivity contribution in [3.63, 3.8) is 0 Å². The van der Waals surface area contributed by atoms with Crippen LogP contribution < -0.4 is 120 Å². The molecular weight excluding hydrogens is 454 g/mol. The zero-order valence-corrected chi connectivity index (χ0v) is 23.4. The van der Waals surface area contributed by atoms with Gasteiger partial charge in [-0.05, 0) is 6.42 Å². The van der Waals surface area contributed by atoms with Crippen molar-refractivity contribution in [3.8, 4) is 0 Å². The summed E-state index contributed by atoms with van der Waals surface area (Å²) in [6.45, 7) is -0.567. The molecule has 146 valence electrons. The molecule has 0 aromatic rings. The smallest absolute Gasteiger partial charge is 0.822 e. The van der Waals surface area contributed by atoms with Crippen LogP contribution in [-0.2, 0) is 23.7 Å². The quantitative estimate of drug-likeness (QED) is 0.105. The molecule has 0 aliphatic carbocycles. The molecule has 0 spiro atoms. The van der Waals surface area contributed by atoms with E-state index in [1.807, 2.05) is 0 Å². The summed E-state index contributed by atoms with van der Waals surface area (Å²) in [4.78, 5) is 69.4. The van der Waals surface area contributed by atoms with Gasteiger partial charge in [0.15, 0.2) is 0 Å². The Balaban J connectivity index is -0.000000195. The first-order valence-electron chi connectivity index (χ1n) is 6.39. The van der Waals surface area contributed by atoms with E-state index in [2.05, 4.69) is 23.3 Å². The van der Waals surface area contributed by atoms with Crippen LogP contribution in [0.2, 0.25) is 0 Å². The van der Waals surface area contributed by atoms with Crippen molar-refractivity contribution in [2.45, 2.75) is 24.9 Å². The van der Waals surface area contributed by atoms with Gasteiger partial charge < -0.3 is 45.8 Å². The summed E-state index contributed by atoms with van der Waals surface area (Å²) in [5.41, 5.74) is 5.23. The number of thiol groups is 1. The number of carbonyl (C=O) groups is 4. The first-order chi connectivity index (χ1) is 11.3. The van der Waals surface area contributed by atoms with Gasteiger partial charge in [-0.2, -0.15) is 20.5 Å². The minimum Gasteiger partial charge on any atom is -0.822 e. The number of carboxylic acid groups (broad SMARTS) is 2.